The maximum absolute atomic E-state index is 6.44. The van der Waals surface area contributed by atoms with E-state index < -0.39 is 0 Å². The van der Waals surface area contributed by atoms with Gasteiger partial charge in [0.2, 0.25) is 0 Å². The van der Waals surface area contributed by atoms with E-state index in [1.54, 1.807) is 0 Å². The van der Waals surface area contributed by atoms with Gasteiger partial charge in [0.05, 0.1) is 27.6 Å². The molecule has 34 heavy (non-hydrogen) atoms. The van der Waals surface area contributed by atoms with Crippen LogP contribution in [0, 0.1) is 0 Å². The maximum atomic E-state index is 6.44. The zero-order chi connectivity index (χ0) is 22.1. The van der Waals surface area contributed by atoms with Crippen LogP contribution in [0.25, 0.3) is 81.8 Å². The van der Waals surface area contributed by atoms with Gasteiger partial charge in [-0.25, -0.2) is 0 Å². The van der Waals surface area contributed by atoms with Gasteiger partial charge >= 0.3 is 0 Å². The van der Waals surface area contributed by atoms with E-state index in [0.717, 1.165) is 11.2 Å². The number of para-hydroxylation sites is 3. The second-order valence-corrected chi connectivity index (χ2v) is 9.40. The molecule has 0 unspecified atom stereocenters. The average molecular weight is 434 g/mol. The summed E-state index contributed by atoms with van der Waals surface area (Å²) in [5, 5.41) is 10.1. The van der Waals surface area contributed by atoms with E-state index >= 15 is 0 Å². The van der Waals surface area contributed by atoms with E-state index in [1.807, 2.05) is 6.07 Å². The summed E-state index contributed by atoms with van der Waals surface area (Å²) in [5.74, 6) is 0. The number of furan rings is 1. The van der Waals surface area contributed by atoms with E-state index in [2.05, 4.69) is 101 Å². The van der Waals surface area contributed by atoms with Gasteiger partial charge in [-0.1, -0.05) is 60.7 Å². The fourth-order valence-electron chi connectivity index (χ4n) is 6.51. The molecule has 5 aromatic carbocycles. The highest BCUT2D eigenvalue weighted by Crippen LogP contribution is 2.47. The van der Waals surface area contributed by atoms with Crippen LogP contribution in [-0.2, 0) is 7.05 Å². The summed E-state index contributed by atoms with van der Waals surface area (Å²) in [4.78, 5) is 0. The van der Waals surface area contributed by atoms with Gasteiger partial charge in [0.25, 0.3) is 0 Å². The normalized spacial score (nSPS) is 12.9. The molecule has 4 aromatic heterocycles. The molecule has 158 valence electrons. The quantitative estimate of drug-likeness (QED) is 0.235. The van der Waals surface area contributed by atoms with E-state index in [0.29, 0.717) is 0 Å². The van der Waals surface area contributed by atoms with Crippen molar-refractivity contribution in [1.82, 2.24) is 8.97 Å². The summed E-state index contributed by atoms with van der Waals surface area (Å²) in [6.07, 6.45) is 0. The third-order valence-electron chi connectivity index (χ3n) is 7.84. The Morgan fingerprint density at radius 3 is 2.15 bits per heavy atom. The molecule has 0 N–H and O–H groups in total. The molecular weight excluding hydrogens is 416 g/mol. The van der Waals surface area contributed by atoms with E-state index in [4.69, 9.17) is 4.42 Å². The van der Waals surface area contributed by atoms with Crippen LogP contribution >= 0.6 is 0 Å². The van der Waals surface area contributed by atoms with Crippen molar-refractivity contribution >= 4 is 81.8 Å². The first-order valence-electron chi connectivity index (χ1n) is 11.7. The molecule has 3 heteroatoms. The van der Waals surface area contributed by atoms with Gasteiger partial charge < -0.3 is 13.4 Å². The third-order valence-corrected chi connectivity index (χ3v) is 7.84. The molecule has 0 saturated carbocycles. The number of aromatic nitrogens is 2. The third kappa shape index (κ3) is 1.74. The molecule has 0 radical (unpaired) electrons. The number of fused-ring (bicyclic) bond motifs is 9. The smallest absolute Gasteiger partial charge is 0.138 e. The molecule has 0 aliphatic carbocycles. The van der Waals surface area contributed by atoms with Gasteiger partial charge in [-0.15, -0.1) is 0 Å². The van der Waals surface area contributed by atoms with Gasteiger partial charge in [0.1, 0.15) is 11.2 Å². The molecule has 4 heterocycles. The highest BCUT2D eigenvalue weighted by Gasteiger charge is 2.23. The number of benzene rings is 5. The Kier molecular flexibility index (Phi) is 2.77. The summed E-state index contributed by atoms with van der Waals surface area (Å²) in [5.41, 5.74) is 8.08. The van der Waals surface area contributed by atoms with Gasteiger partial charge in [0.15, 0.2) is 0 Å². The van der Waals surface area contributed by atoms with Crippen molar-refractivity contribution < 1.29 is 4.42 Å². The van der Waals surface area contributed by atoms with Gasteiger partial charge in [-0.3, -0.25) is 0 Å². The van der Waals surface area contributed by atoms with Crippen LogP contribution in [0.1, 0.15) is 0 Å². The van der Waals surface area contributed by atoms with Crippen LogP contribution in [0.15, 0.2) is 95.4 Å². The molecule has 0 spiro atoms. The molecule has 9 aromatic rings. The van der Waals surface area contributed by atoms with Gasteiger partial charge in [-0.2, -0.15) is 0 Å². The van der Waals surface area contributed by atoms with Gasteiger partial charge in [-0.05, 0) is 24.3 Å². The Morgan fingerprint density at radius 1 is 0.500 bits per heavy atom. The molecule has 0 aliphatic heterocycles. The van der Waals surface area contributed by atoms with Crippen LogP contribution in [-0.4, -0.2) is 8.97 Å². The maximum Gasteiger partial charge on any atom is 0.138 e. The SMILES string of the molecule is Cn1c2cc3oc4ccccc4c3c3c4cccc5c6ccccc6n(c6cccc1c6c32)c54. The largest absolute Gasteiger partial charge is 0.456 e. The van der Waals surface area contributed by atoms with Crippen LogP contribution in [0.4, 0.5) is 0 Å². The topological polar surface area (TPSA) is 22.5 Å². The van der Waals surface area contributed by atoms with Crippen LogP contribution in [0.5, 0.6) is 0 Å². The Labute approximate surface area is 193 Å². The van der Waals surface area contributed by atoms with Crippen molar-refractivity contribution in [2.24, 2.45) is 7.05 Å². The molecule has 0 bridgehead atoms. The monoisotopic (exact) mass is 434 g/mol. The molecular formula is C31H18N2O. The summed E-state index contributed by atoms with van der Waals surface area (Å²) >= 11 is 0. The Balaban J connectivity index is 1.82. The summed E-state index contributed by atoms with van der Waals surface area (Å²) in [6.45, 7) is 0. The van der Waals surface area contributed by atoms with Crippen LogP contribution in [0.2, 0.25) is 0 Å². The predicted octanol–water partition coefficient (Wildman–Crippen LogP) is 8.38. The molecule has 0 saturated heterocycles. The Morgan fingerprint density at radius 2 is 1.21 bits per heavy atom. The highest BCUT2D eigenvalue weighted by atomic mass is 16.3. The van der Waals surface area contributed by atoms with E-state index in [9.17, 15) is 0 Å². The van der Waals surface area contributed by atoms with E-state index in [-0.39, 0.29) is 0 Å². The number of nitrogens with zero attached hydrogens (tertiary/aromatic N) is 2. The van der Waals surface area contributed by atoms with Crippen molar-refractivity contribution in [1.29, 1.82) is 0 Å². The minimum atomic E-state index is 0.936. The highest BCUT2D eigenvalue weighted by molar-refractivity contribution is 6.38. The fraction of sp³-hybridized carbons (Fsp3) is 0.0323. The first-order chi connectivity index (χ1) is 16.8. The summed E-state index contributed by atoms with van der Waals surface area (Å²) in [6, 6.07) is 32.9. The lowest BCUT2D eigenvalue weighted by Crippen LogP contribution is -1.89. The van der Waals surface area contributed by atoms with Crippen molar-refractivity contribution in [3.8, 4) is 0 Å². The standard InChI is InChI=1S/C31H18N2O/c1-32-22-13-7-14-23-29(22)30-24(32)16-26-27(19-9-3-5-15-25(19)34-26)28(30)20-11-6-10-18-17-8-2-4-12-21(17)33(23)31(18)20/h2-16H,1H3. The molecule has 3 nitrogen and oxygen atoms in total. The first-order valence-corrected chi connectivity index (χ1v) is 11.7. The first kappa shape index (κ1) is 17.0. The molecule has 0 fully saturated rings. The Hall–Kier alpha value is -4.50. The average Bonchev–Trinajstić information content (AvgIpc) is 3.48. The second kappa shape index (κ2) is 5.52. The number of aryl methyl sites for hydroxylation is 1. The van der Waals surface area contributed by atoms with Crippen molar-refractivity contribution in [2.45, 2.75) is 0 Å². The lowest BCUT2D eigenvalue weighted by atomic mass is 9.99. The summed E-state index contributed by atoms with van der Waals surface area (Å²) < 4.78 is 11.2. The zero-order valence-corrected chi connectivity index (χ0v) is 18.5. The van der Waals surface area contributed by atoms with Crippen molar-refractivity contribution in [2.75, 3.05) is 0 Å². The van der Waals surface area contributed by atoms with Gasteiger partial charge in [0, 0.05) is 56.2 Å². The van der Waals surface area contributed by atoms with Crippen molar-refractivity contribution in [3.63, 3.8) is 0 Å². The minimum absolute atomic E-state index is 0.936. The van der Waals surface area contributed by atoms with Crippen LogP contribution < -0.4 is 0 Å². The predicted molar refractivity (Wildman–Crippen MR) is 142 cm³/mol. The number of hydrogen-bond donors (Lipinski definition) is 0. The van der Waals surface area contributed by atoms with Crippen molar-refractivity contribution in [3.05, 3.63) is 91.0 Å². The van der Waals surface area contributed by atoms with E-state index in [1.165, 1.54) is 70.7 Å². The number of hydrogen-bond acceptors (Lipinski definition) is 1. The molecule has 9 rings (SSSR count). The minimum Gasteiger partial charge on any atom is -0.456 e. The fourth-order valence-corrected chi connectivity index (χ4v) is 6.51. The molecule has 0 aliphatic rings. The molecule has 0 atom stereocenters. The second-order valence-electron chi connectivity index (χ2n) is 9.40. The number of rotatable bonds is 0. The lowest BCUT2D eigenvalue weighted by Gasteiger charge is -2.04. The molecule has 0 amide bonds. The summed E-state index contributed by atoms with van der Waals surface area (Å²) in [7, 11) is 2.17. The lowest BCUT2D eigenvalue weighted by molar-refractivity contribution is 0.669. The van der Waals surface area contributed by atoms with Crippen LogP contribution in [0.3, 0.4) is 0 Å². The Bertz CT molecular complexity index is 2290. The zero-order valence-electron chi connectivity index (χ0n) is 18.5.